The molecule has 2 heterocycles. The van der Waals surface area contributed by atoms with Gasteiger partial charge in [-0.3, -0.25) is 4.79 Å². The normalized spacial score (nSPS) is 17.9. The standard InChI is InChI=1S/C17H20N2OS.ClH/c1-12-3-5-14(6-4-12)15-7-10-21-16(15)17(20)19-9-8-18-13(2)11-19;/h3-7,10,13,18H,8-9,11H2,1-2H3;1H. The van der Waals surface area contributed by atoms with Gasteiger partial charge >= 0.3 is 0 Å². The Hall–Kier alpha value is -1.36. The number of hydrogen-bond acceptors (Lipinski definition) is 3. The third kappa shape index (κ3) is 3.51. The summed E-state index contributed by atoms with van der Waals surface area (Å²) in [5.74, 6) is 0.161. The number of rotatable bonds is 2. The fourth-order valence-electron chi connectivity index (χ4n) is 2.70. The quantitative estimate of drug-likeness (QED) is 0.909. The Labute approximate surface area is 141 Å². The third-order valence-corrected chi connectivity index (χ3v) is 4.78. The predicted octanol–water partition coefficient (Wildman–Crippen LogP) is 3.58. The van der Waals surface area contributed by atoms with Crippen LogP contribution in [-0.2, 0) is 0 Å². The lowest BCUT2D eigenvalue weighted by molar-refractivity contribution is 0.0714. The zero-order chi connectivity index (χ0) is 14.8. The molecule has 1 aliphatic heterocycles. The highest BCUT2D eigenvalue weighted by molar-refractivity contribution is 7.12. The summed E-state index contributed by atoms with van der Waals surface area (Å²) in [7, 11) is 0. The van der Waals surface area contributed by atoms with Gasteiger partial charge < -0.3 is 10.2 Å². The van der Waals surface area contributed by atoms with E-state index in [1.165, 1.54) is 16.9 Å². The van der Waals surface area contributed by atoms with Crippen molar-refractivity contribution in [1.82, 2.24) is 10.2 Å². The summed E-state index contributed by atoms with van der Waals surface area (Å²) in [4.78, 5) is 15.6. The molecule has 0 radical (unpaired) electrons. The Morgan fingerprint density at radius 2 is 2.00 bits per heavy atom. The van der Waals surface area contributed by atoms with Crippen LogP contribution in [0.5, 0.6) is 0 Å². The minimum absolute atomic E-state index is 0. The number of hydrogen-bond donors (Lipinski definition) is 1. The molecule has 1 atom stereocenters. The van der Waals surface area contributed by atoms with Gasteiger partial charge in [-0.25, -0.2) is 0 Å². The van der Waals surface area contributed by atoms with Crippen LogP contribution in [0.1, 0.15) is 22.2 Å². The van der Waals surface area contributed by atoms with E-state index in [9.17, 15) is 4.79 Å². The second-order valence-corrected chi connectivity index (χ2v) is 6.55. The molecule has 3 nitrogen and oxygen atoms in total. The summed E-state index contributed by atoms with van der Waals surface area (Å²) < 4.78 is 0. The van der Waals surface area contributed by atoms with Crippen LogP contribution in [0, 0.1) is 6.92 Å². The van der Waals surface area contributed by atoms with Crippen LogP contribution in [0.3, 0.4) is 0 Å². The molecular weight excluding hydrogens is 316 g/mol. The molecule has 5 heteroatoms. The van der Waals surface area contributed by atoms with Crippen LogP contribution in [0.2, 0.25) is 0 Å². The molecule has 1 saturated heterocycles. The number of nitrogens with one attached hydrogen (secondary N) is 1. The summed E-state index contributed by atoms with van der Waals surface area (Å²) in [6.45, 7) is 6.64. The van der Waals surface area contributed by atoms with Crippen LogP contribution >= 0.6 is 23.7 Å². The van der Waals surface area contributed by atoms with Crippen LogP contribution in [0.4, 0.5) is 0 Å². The largest absolute Gasteiger partial charge is 0.335 e. The summed E-state index contributed by atoms with van der Waals surface area (Å²) >= 11 is 1.54. The summed E-state index contributed by atoms with van der Waals surface area (Å²) in [6, 6.07) is 10.8. The maximum absolute atomic E-state index is 12.8. The van der Waals surface area contributed by atoms with E-state index in [0.717, 1.165) is 35.6 Å². The van der Waals surface area contributed by atoms with Gasteiger partial charge in [0.1, 0.15) is 0 Å². The first kappa shape index (κ1) is 17.0. The van der Waals surface area contributed by atoms with E-state index in [-0.39, 0.29) is 18.3 Å². The molecule has 0 saturated carbocycles. The molecule has 118 valence electrons. The van der Waals surface area contributed by atoms with Gasteiger partial charge in [0.25, 0.3) is 5.91 Å². The molecule has 1 aliphatic rings. The van der Waals surface area contributed by atoms with Gasteiger partial charge in [-0.2, -0.15) is 0 Å². The van der Waals surface area contributed by atoms with Crippen molar-refractivity contribution in [3.63, 3.8) is 0 Å². The minimum Gasteiger partial charge on any atom is -0.335 e. The SMILES string of the molecule is Cc1ccc(-c2ccsc2C(=O)N2CCNC(C)C2)cc1.Cl. The van der Waals surface area contributed by atoms with Crippen LogP contribution < -0.4 is 5.32 Å². The monoisotopic (exact) mass is 336 g/mol. The first-order chi connectivity index (χ1) is 10.1. The van der Waals surface area contributed by atoms with E-state index in [0.29, 0.717) is 6.04 Å². The number of carbonyl (C=O) groups excluding carboxylic acids is 1. The zero-order valence-corrected chi connectivity index (χ0v) is 14.5. The average Bonchev–Trinajstić information content (AvgIpc) is 2.96. The van der Waals surface area contributed by atoms with Crippen LogP contribution in [0.25, 0.3) is 11.1 Å². The maximum Gasteiger partial charge on any atom is 0.264 e. The third-order valence-electron chi connectivity index (χ3n) is 3.88. The van der Waals surface area contributed by atoms with Crippen molar-refractivity contribution in [3.8, 4) is 11.1 Å². The van der Waals surface area contributed by atoms with Gasteiger partial charge in [-0.1, -0.05) is 29.8 Å². The molecule has 1 unspecified atom stereocenters. The van der Waals surface area contributed by atoms with Crippen molar-refractivity contribution in [2.45, 2.75) is 19.9 Å². The van der Waals surface area contributed by atoms with Crippen molar-refractivity contribution in [3.05, 3.63) is 46.2 Å². The van der Waals surface area contributed by atoms with E-state index in [1.54, 1.807) is 0 Å². The van der Waals surface area contributed by atoms with E-state index < -0.39 is 0 Å². The highest BCUT2D eigenvalue weighted by Crippen LogP contribution is 2.29. The number of benzene rings is 1. The molecule has 1 fully saturated rings. The molecule has 22 heavy (non-hydrogen) atoms. The average molecular weight is 337 g/mol. The zero-order valence-electron chi connectivity index (χ0n) is 12.8. The highest BCUT2D eigenvalue weighted by Gasteiger charge is 2.24. The van der Waals surface area contributed by atoms with E-state index >= 15 is 0 Å². The van der Waals surface area contributed by atoms with Crippen molar-refractivity contribution in [1.29, 1.82) is 0 Å². The Kier molecular flexibility index (Phi) is 5.62. The van der Waals surface area contributed by atoms with E-state index in [1.807, 2.05) is 16.3 Å². The van der Waals surface area contributed by atoms with E-state index in [2.05, 4.69) is 43.4 Å². The van der Waals surface area contributed by atoms with Gasteiger partial charge in [0, 0.05) is 31.2 Å². The van der Waals surface area contributed by atoms with Gasteiger partial charge in [0.2, 0.25) is 0 Å². The molecule has 0 bridgehead atoms. The number of halogens is 1. The summed E-state index contributed by atoms with van der Waals surface area (Å²) in [6.07, 6.45) is 0. The molecule has 2 aromatic rings. The van der Waals surface area contributed by atoms with Crippen LogP contribution in [-0.4, -0.2) is 36.5 Å². The summed E-state index contributed by atoms with van der Waals surface area (Å²) in [5.41, 5.74) is 3.40. The number of carbonyl (C=O) groups is 1. The summed E-state index contributed by atoms with van der Waals surface area (Å²) in [5, 5.41) is 5.38. The molecule has 1 N–H and O–H groups in total. The Morgan fingerprint density at radius 1 is 1.27 bits per heavy atom. The molecule has 0 aliphatic carbocycles. The lowest BCUT2D eigenvalue weighted by atomic mass is 10.0. The predicted molar refractivity (Wildman–Crippen MR) is 95.1 cm³/mol. The fourth-order valence-corrected chi connectivity index (χ4v) is 3.58. The molecule has 3 rings (SSSR count). The number of thiophene rings is 1. The maximum atomic E-state index is 12.8. The van der Waals surface area contributed by atoms with Crippen LogP contribution in [0.15, 0.2) is 35.7 Å². The minimum atomic E-state index is 0. The lowest BCUT2D eigenvalue weighted by Gasteiger charge is -2.31. The van der Waals surface area contributed by atoms with Gasteiger partial charge in [0.05, 0.1) is 4.88 Å². The number of aryl methyl sites for hydroxylation is 1. The molecule has 1 aromatic carbocycles. The number of nitrogens with zero attached hydrogens (tertiary/aromatic N) is 1. The molecule has 1 aromatic heterocycles. The van der Waals surface area contributed by atoms with Gasteiger partial charge in [-0.15, -0.1) is 23.7 Å². The fraction of sp³-hybridized carbons (Fsp3) is 0.353. The Morgan fingerprint density at radius 3 is 2.68 bits per heavy atom. The first-order valence-corrected chi connectivity index (χ1v) is 8.20. The Balaban J connectivity index is 0.00000176. The van der Waals surface area contributed by atoms with Crippen molar-refractivity contribution >= 4 is 29.7 Å². The topological polar surface area (TPSA) is 32.3 Å². The highest BCUT2D eigenvalue weighted by atomic mass is 35.5. The van der Waals surface area contributed by atoms with Crippen molar-refractivity contribution in [2.75, 3.05) is 19.6 Å². The number of amides is 1. The van der Waals surface area contributed by atoms with Gasteiger partial charge in [0.15, 0.2) is 0 Å². The van der Waals surface area contributed by atoms with Crippen molar-refractivity contribution < 1.29 is 4.79 Å². The number of piperazine rings is 1. The molecule has 1 amide bonds. The van der Waals surface area contributed by atoms with E-state index in [4.69, 9.17) is 0 Å². The van der Waals surface area contributed by atoms with Crippen molar-refractivity contribution in [2.24, 2.45) is 0 Å². The smallest absolute Gasteiger partial charge is 0.264 e. The van der Waals surface area contributed by atoms with Gasteiger partial charge in [-0.05, 0) is 30.9 Å². The molecule has 0 spiro atoms. The first-order valence-electron chi connectivity index (χ1n) is 7.32. The molecular formula is C17H21ClN2OS. The lowest BCUT2D eigenvalue weighted by Crippen LogP contribution is -2.51. The second-order valence-electron chi connectivity index (χ2n) is 5.64. The second kappa shape index (κ2) is 7.27. The Bertz CT molecular complexity index is 638.